The molecule has 6 atom stereocenters. The molecule has 0 fully saturated rings. The summed E-state index contributed by atoms with van der Waals surface area (Å²) >= 11 is 0. The summed E-state index contributed by atoms with van der Waals surface area (Å²) in [5.74, 6) is -7.73. The fourth-order valence-corrected chi connectivity index (χ4v) is 3.86. The lowest BCUT2D eigenvalue weighted by Crippen LogP contribution is -2.55. The molecule has 0 radical (unpaired) electrons. The number of ether oxygens (including phenoxy) is 1. The zero-order valence-corrected chi connectivity index (χ0v) is 26.3. The molecule has 0 saturated carbocycles. The van der Waals surface area contributed by atoms with Gasteiger partial charge in [-0.25, -0.2) is 0 Å². The minimum absolute atomic E-state index is 0.0552. The monoisotopic (exact) mass is 678 g/mol. The molecule has 0 heterocycles. The van der Waals surface area contributed by atoms with Gasteiger partial charge in [0, 0.05) is 44.8 Å². The molecule has 19 heteroatoms. The largest absolute Gasteiger partial charge is 0.481 e. The maximum Gasteiger partial charge on any atom is 0.305 e. The fraction of sp³-hybridized carbons (Fsp3) is 0.714. The lowest BCUT2D eigenvalue weighted by molar-refractivity contribution is -0.155. The SMILES string of the molecule is CCC(CC(=O)O)C(=O)NCCNC(=O)[C@@H](O)[C@H](O)[C@H](O)[C@@H](O)C(=O)NCCCC(=O)C(CC(=O)O)NC(=O)CCOCCC(C)=O. The summed E-state index contributed by atoms with van der Waals surface area (Å²) in [7, 11) is 0. The van der Waals surface area contributed by atoms with E-state index in [1.807, 2.05) is 0 Å². The van der Waals surface area contributed by atoms with Crippen molar-refractivity contribution in [3.63, 3.8) is 0 Å². The standard InChI is InChI=1S/C28H46N4O15/c1-3-16(13-20(36)37)26(44)30-9-10-31-28(46)25(43)23(41)22(40)24(42)27(45)29-8-4-5-18(34)17(14-21(38)39)32-19(35)7-12-47-11-6-15(2)33/h16-17,22-25,40-43H,3-14H2,1-2H3,(H,29,45)(H,30,44)(H,31,46)(H,32,35)(H,36,37)(H,38,39)/t16?,17?,22-,23+,24+,25-/m0/s1. The fourth-order valence-electron chi connectivity index (χ4n) is 3.86. The first-order chi connectivity index (χ1) is 22.0. The van der Waals surface area contributed by atoms with E-state index in [-0.39, 0.29) is 77.2 Å². The summed E-state index contributed by atoms with van der Waals surface area (Å²) < 4.78 is 5.12. The average Bonchev–Trinajstić information content (AvgIpc) is 3.00. The Morgan fingerprint density at radius 1 is 0.660 bits per heavy atom. The van der Waals surface area contributed by atoms with E-state index in [2.05, 4.69) is 21.3 Å². The summed E-state index contributed by atoms with van der Waals surface area (Å²) in [4.78, 5) is 93.7. The number of amides is 4. The number of carboxylic acids is 2. The smallest absolute Gasteiger partial charge is 0.305 e. The summed E-state index contributed by atoms with van der Waals surface area (Å²) in [6.45, 7) is 2.39. The first-order valence-corrected chi connectivity index (χ1v) is 14.9. The second-order valence-corrected chi connectivity index (χ2v) is 10.5. The minimum atomic E-state index is -2.33. The minimum Gasteiger partial charge on any atom is -0.481 e. The third-order valence-electron chi connectivity index (χ3n) is 6.62. The third kappa shape index (κ3) is 18.6. The molecule has 19 nitrogen and oxygen atoms in total. The highest BCUT2D eigenvalue weighted by Gasteiger charge is 2.37. The molecule has 2 unspecified atom stereocenters. The predicted molar refractivity (Wildman–Crippen MR) is 158 cm³/mol. The van der Waals surface area contributed by atoms with Gasteiger partial charge in [0.25, 0.3) is 11.8 Å². The maximum absolute atomic E-state index is 12.5. The van der Waals surface area contributed by atoms with Crippen LogP contribution in [0, 0.1) is 5.92 Å². The molecule has 10 N–H and O–H groups in total. The molecule has 0 saturated heterocycles. The number of carbonyl (C=O) groups is 8. The van der Waals surface area contributed by atoms with Gasteiger partial charge >= 0.3 is 11.9 Å². The van der Waals surface area contributed by atoms with Crippen LogP contribution in [-0.4, -0.2) is 141 Å². The van der Waals surface area contributed by atoms with Gasteiger partial charge < -0.3 is 56.6 Å². The molecule has 0 aliphatic heterocycles. The Balaban J connectivity index is 4.65. The third-order valence-corrected chi connectivity index (χ3v) is 6.62. The Bertz CT molecular complexity index is 1090. The Morgan fingerprint density at radius 3 is 1.64 bits per heavy atom. The van der Waals surface area contributed by atoms with Gasteiger partial charge in [-0.2, -0.15) is 0 Å². The molecule has 0 rings (SSSR count). The van der Waals surface area contributed by atoms with Gasteiger partial charge in [-0.3, -0.25) is 38.4 Å². The van der Waals surface area contributed by atoms with Crippen LogP contribution in [0.5, 0.6) is 0 Å². The zero-order valence-electron chi connectivity index (χ0n) is 26.3. The highest BCUT2D eigenvalue weighted by atomic mass is 16.5. The number of nitrogens with one attached hydrogen (secondary N) is 4. The van der Waals surface area contributed by atoms with Crippen LogP contribution in [0.3, 0.4) is 0 Å². The predicted octanol–water partition coefficient (Wildman–Crippen LogP) is -4.03. The molecule has 4 amide bonds. The molecule has 0 aliphatic carbocycles. The molecular weight excluding hydrogens is 632 g/mol. The van der Waals surface area contributed by atoms with Gasteiger partial charge in [-0.15, -0.1) is 0 Å². The van der Waals surface area contributed by atoms with E-state index in [4.69, 9.17) is 14.9 Å². The number of Topliss-reactive ketones (excluding diaryl/α,β-unsaturated/α-hetero) is 2. The molecule has 0 aliphatic rings. The summed E-state index contributed by atoms with van der Waals surface area (Å²) in [5.41, 5.74) is 0. The van der Waals surface area contributed by atoms with Crippen molar-refractivity contribution in [1.82, 2.24) is 21.3 Å². The van der Waals surface area contributed by atoms with Crippen LogP contribution in [0.25, 0.3) is 0 Å². The van der Waals surface area contributed by atoms with Gasteiger partial charge in [0.2, 0.25) is 11.8 Å². The number of rotatable bonds is 26. The van der Waals surface area contributed by atoms with Crippen LogP contribution in [0.15, 0.2) is 0 Å². The summed E-state index contributed by atoms with van der Waals surface area (Å²) in [6.07, 6.45) is -10.5. The molecule has 268 valence electrons. The quantitative estimate of drug-likeness (QED) is 0.0390. The number of aliphatic carboxylic acids is 2. The number of carbonyl (C=O) groups excluding carboxylic acids is 6. The number of hydrogen-bond donors (Lipinski definition) is 10. The van der Waals surface area contributed by atoms with E-state index in [0.29, 0.717) is 0 Å². The Labute approximate surface area is 270 Å². The van der Waals surface area contributed by atoms with Crippen LogP contribution >= 0.6 is 0 Å². The van der Waals surface area contributed by atoms with E-state index in [0.717, 1.165) is 0 Å². The van der Waals surface area contributed by atoms with Crippen molar-refractivity contribution in [2.24, 2.45) is 5.92 Å². The summed E-state index contributed by atoms with van der Waals surface area (Å²) in [6, 6.07) is -1.37. The first-order valence-electron chi connectivity index (χ1n) is 14.9. The normalized spacial score (nSPS) is 14.8. The van der Waals surface area contributed by atoms with Gasteiger partial charge in [0.1, 0.15) is 18.0 Å². The van der Waals surface area contributed by atoms with Crippen molar-refractivity contribution >= 4 is 47.1 Å². The Hall–Kier alpha value is -4.04. The van der Waals surface area contributed by atoms with Crippen molar-refractivity contribution < 1.29 is 73.7 Å². The van der Waals surface area contributed by atoms with Gasteiger partial charge in [-0.05, 0) is 19.8 Å². The summed E-state index contributed by atoms with van der Waals surface area (Å²) in [5, 5.41) is 67.2. The highest BCUT2D eigenvalue weighted by Crippen LogP contribution is 2.09. The van der Waals surface area contributed by atoms with Gasteiger partial charge in [-0.1, -0.05) is 6.92 Å². The Morgan fingerprint density at radius 2 is 1.15 bits per heavy atom. The van der Waals surface area contributed by atoms with Crippen LogP contribution in [0.2, 0.25) is 0 Å². The Kier molecular flexibility index (Phi) is 21.3. The number of ketones is 2. The van der Waals surface area contributed by atoms with Crippen molar-refractivity contribution in [2.75, 3.05) is 32.8 Å². The van der Waals surface area contributed by atoms with Crippen molar-refractivity contribution in [3.05, 3.63) is 0 Å². The highest BCUT2D eigenvalue weighted by molar-refractivity contribution is 5.92. The number of aliphatic hydroxyl groups excluding tert-OH is 4. The molecule has 0 aromatic heterocycles. The van der Waals surface area contributed by atoms with Crippen molar-refractivity contribution in [3.8, 4) is 0 Å². The van der Waals surface area contributed by atoms with Gasteiger partial charge in [0.05, 0.1) is 32.1 Å². The molecule has 0 bridgehead atoms. The van der Waals surface area contributed by atoms with Crippen LogP contribution in [0.4, 0.5) is 0 Å². The zero-order chi connectivity index (χ0) is 36.1. The van der Waals surface area contributed by atoms with Crippen molar-refractivity contribution in [1.29, 1.82) is 0 Å². The van der Waals surface area contributed by atoms with Crippen molar-refractivity contribution in [2.45, 2.75) is 89.3 Å². The van der Waals surface area contributed by atoms with E-state index in [9.17, 15) is 58.8 Å². The number of hydrogen-bond acceptors (Lipinski definition) is 13. The van der Waals surface area contributed by atoms with Crippen LogP contribution in [-0.2, 0) is 43.1 Å². The maximum atomic E-state index is 12.5. The number of carboxylic acid groups (broad SMARTS) is 2. The first kappa shape index (κ1) is 43.0. The second-order valence-electron chi connectivity index (χ2n) is 10.5. The lowest BCUT2D eigenvalue weighted by Gasteiger charge is -2.25. The number of aliphatic hydroxyl groups is 4. The van der Waals surface area contributed by atoms with E-state index in [1.54, 1.807) is 6.92 Å². The van der Waals surface area contributed by atoms with E-state index >= 15 is 0 Å². The lowest BCUT2D eigenvalue weighted by atomic mass is 10.0. The van der Waals surface area contributed by atoms with E-state index < -0.39 is 84.1 Å². The van der Waals surface area contributed by atoms with Crippen LogP contribution in [0.1, 0.15) is 58.8 Å². The molecule has 0 aromatic rings. The van der Waals surface area contributed by atoms with Crippen LogP contribution < -0.4 is 21.3 Å². The topological polar surface area (TPSA) is 315 Å². The molecule has 0 aromatic carbocycles. The molecule has 0 spiro atoms. The molecule has 47 heavy (non-hydrogen) atoms. The van der Waals surface area contributed by atoms with Gasteiger partial charge in [0.15, 0.2) is 18.0 Å². The average molecular weight is 679 g/mol. The molecular formula is C28H46N4O15. The van der Waals surface area contributed by atoms with E-state index in [1.165, 1.54) is 6.92 Å². The second kappa shape index (κ2) is 23.3.